The van der Waals surface area contributed by atoms with Crippen LogP contribution in [-0.4, -0.2) is 23.1 Å². The van der Waals surface area contributed by atoms with Gasteiger partial charge >= 0.3 is 5.97 Å². The predicted octanol–water partition coefficient (Wildman–Crippen LogP) is 3.00. The van der Waals surface area contributed by atoms with Crippen LogP contribution >= 0.6 is 11.8 Å². The van der Waals surface area contributed by atoms with Gasteiger partial charge in [-0.25, -0.2) is 0 Å². The molecule has 0 fully saturated rings. The zero-order valence-electron chi connectivity index (χ0n) is 10.1. The normalized spacial score (nSPS) is 16.8. The second-order valence-electron chi connectivity index (χ2n) is 4.80. The molecule has 0 saturated carbocycles. The highest BCUT2D eigenvalue weighted by molar-refractivity contribution is 7.98. The van der Waals surface area contributed by atoms with Crippen molar-refractivity contribution in [3.8, 4) is 0 Å². The quantitative estimate of drug-likeness (QED) is 0.816. The van der Waals surface area contributed by atoms with Gasteiger partial charge in [-0.1, -0.05) is 24.3 Å². The molecule has 0 heterocycles. The fourth-order valence-corrected chi connectivity index (χ4v) is 3.12. The van der Waals surface area contributed by atoms with Crippen LogP contribution in [0.1, 0.15) is 24.0 Å². The molecule has 0 unspecified atom stereocenters. The minimum absolute atomic E-state index is 0.542. The zero-order chi connectivity index (χ0) is 12.3. The molecule has 0 amide bonds. The third kappa shape index (κ3) is 2.49. The number of hydrogen-bond acceptors (Lipinski definition) is 2. The van der Waals surface area contributed by atoms with Crippen molar-refractivity contribution in [2.75, 3.05) is 12.0 Å². The molecule has 0 aliphatic heterocycles. The van der Waals surface area contributed by atoms with E-state index in [-0.39, 0.29) is 0 Å². The summed E-state index contributed by atoms with van der Waals surface area (Å²) in [5.74, 6) is 0.417. The Morgan fingerprint density at radius 2 is 1.94 bits per heavy atom. The molecule has 1 N–H and O–H groups in total. The second-order valence-corrected chi connectivity index (χ2v) is 5.79. The lowest BCUT2D eigenvalue weighted by molar-refractivity contribution is -0.148. The number of carboxylic acids is 1. The Balaban J connectivity index is 2.14. The molecule has 0 aromatic heterocycles. The molecule has 1 aromatic rings. The van der Waals surface area contributed by atoms with Gasteiger partial charge in [0.2, 0.25) is 0 Å². The first-order chi connectivity index (χ1) is 8.18. The third-order valence-electron chi connectivity index (χ3n) is 3.63. The van der Waals surface area contributed by atoms with E-state index in [2.05, 4.69) is 18.4 Å². The summed E-state index contributed by atoms with van der Waals surface area (Å²) in [6.07, 6.45) is 5.25. The fraction of sp³-hybridized carbons (Fsp3) is 0.500. The maximum Gasteiger partial charge on any atom is 0.310 e. The van der Waals surface area contributed by atoms with Crippen LogP contribution in [0.15, 0.2) is 24.3 Å². The lowest BCUT2D eigenvalue weighted by Gasteiger charge is -2.23. The minimum atomic E-state index is -0.630. The van der Waals surface area contributed by atoms with Crippen molar-refractivity contribution < 1.29 is 9.90 Å². The number of rotatable bonds is 5. The van der Waals surface area contributed by atoms with E-state index in [4.69, 9.17) is 0 Å². The number of thioether (sulfide) groups is 1. The molecule has 0 radical (unpaired) electrons. The van der Waals surface area contributed by atoms with Crippen molar-refractivity contribution in [1.82, 2.24) is 0 Å². The van der Waals surface area contributed by atoms with Crippen LogP contribution in [-0.2, 0) is 17.6 Å². The Hall–Kier alpha value is -0.960. The highest BCUT2D eigenvalue weighted by Crippen LogP contribution is 2.41. The van der Waals surface area contributed by atoms with Crippen LogP contribution < -0.4 is 0 Å². The molecular formula is C14H18O2S. The van der Waals surface area contributed by atoms with Gasteiger partial charge in [0.15, 0.2) is 0 Å². The Labute approximate surface area is 106 Å². The van der Waals surface area contributed by atoms with Crippen LogP contribution in [0, 0.1) is 5.41 Å². The van der Waals surface area contributed by atoms with Crippen molar-refractivity contribution in [2.45, 2.75) is 25.7 Å². The minimum Gasteiger partial charge on any atom is -0.481 e. The maximum absolute atomic E-state index is 11.6. The molecule has 17 heavy (non-hydrogen) atoms. The smallest absolute Gasteiger partial charge is 0.310 e. The van der Waals surface area contributed by atoms with E-state index in [0.29, 0.717) is 12.8 Å². The molecule has 3 heteroatoms. The number of fused-ring (bicyclic) bond motifs is 1. The van der Waals surface area contributed by atoms with E-state index in [1.54, 1.807) is 11.8 Å². The van der Waals surface area contributed by atoms with E-state index >= 15 is 0 Å². The van der Waals surface area contributed by atoms with Crippen LogP contribution in [0.2, 0.25) is 0 Å². The first-order valence-electron chi connectivity index (χ1n) is 5.97. The summed E-state index contributed by atoms with van der Waals surface area (Å²) in [5.41, 5.74) is 1.90. The Morgan fingerprint density at radius 1 is 1.35 bits per heavy atom. The molecule has 1 aliphatic rings. The Morgan fingerprint density at radius 3 is 2.41 bits per heavy atom. The number of hydrogen-bond donors (Lipinski definition) is 1. The highest BCUT2D eigenvalue weighted by Gasteiger charge is 2.43. The van der Waals surface area contributed by atoms with Crippen molar-refractivity contribution in [2.24, 2.45) is 5.41 Å². The Kier molecular flexibility index (Phi) is 3.77. The van der Waals surface area contributed by atoms with Crippen LogP contribution in [0.25, 0.3) is 0 Å². The monoisotopic (exact) mass is 250 g/mol. The predicted molar refractivity (Wildman–Crippen MR) is 71.5 cm³/mol. The summed E-state index contributed by atoms with van der Waals surface area (Å²) in [5, 5.41) is 9.53. The topological polar surface area (TPSA) is 37.3 Å². The molecule has 0 bridgehead atoms. The molecule has 1 aliphatic carbocycles. The van der Waals surface area contributed by atoms with Gasteiger partial charge in [0.1, 0.15) is 0 Å². The van der Waals surface area contributed by atoms with E-state index < -0.39 is 11.4 Å². The first kappa shape index (κ1) is 12.5. The third-order valence-corrected chi connectivity index (χ3v) is 4.33. The van der Waals surface area contributed by atoms with Gasteiger partial charge in [-0.15, -0.1) is 0 Å². The standard InChI is InChI=1S/C14H18O2S/c1-17-8-4-7-14(13(15)16)9-11-5-2-3-6-12(11)10-14/h2-3,5-6H,4,7-10H2,1H3,(H,15,16). The molecule has 0 saturated heterocycles. The molecular weight excluding hydrogens is 232 g/mol. The SMILES string of the molecule is CSCCCC1(C(=O)O)Cc2ccccc2C1. The molecule has 0 atom stereocenters. The lowest BCUT2D eigenvalue weighted by atomic mass is 9.80. The van der Waals surface area contributed by atoms with Gasteiger partial charge < -0.3 is 5.11 Å². The fourth-order valence-electron chi connectivity index (χ4n) is 2.68. The highest BCUT2D eigenvalue weighted by atomic mass is 32.2. The lowest BCUT2D eigenvalue weighted by Crippen LogP contribution is -2.32. The summed E-state index contributed by atoms with van der Waals surface area (Å²) in [6.45, 7) is 0. The molecule has 2 rings (SSSR count). The van der Waals surface area contributed by atoms with E-state index in [0.717, 1.165) is 18.6 Å². The second kappa shape index (κ2) is 5.13. The summed E-state index contributed by atoms with van der Waals surface area (Å²) in [6, 6.07) is 8.13. The van der Waals surface area contributed by atoms with Gasteiger partial charge in [-0.05, 0) is 48.8 Å². The van der Waals surface area contributed by atoms with Crippen molar-refractivity contribution in [1.29, 1.82) is 0 Å². The summed E-state index contributed by atoms with van der Waals surface area (Å²) >= 11 is 1.79. The van der Waals surface area contributed by atoms with Crippen molar-refractivity contribution in [3.63, 3.8) is 0 Å². The Bertz CT molecular complexity index is 389. The van der Waals surface area contributed by atoms with Gasteiger partial charge in [0.25, 0.3) is 0 Å². The van der Waals surface area contributed by atoms with Crippen LogP contribution in [0.4, 0.5) is 0 Å². The first-order valence-corrected chi connectivity index (χ1v) is 7.36. The average Bonchev–Trinajstić information content (AvgIpc) is 2.69. The number of benzene rings is 1. The van der Waals surface area contributed by atoms with Gasteiger partial charge in [-0.2, -0.15) is 11.8 Å². The average molecular weight is 250 g/mol. The van der Waals surface area contributed by atoms with Crippen LogP contribution in [0.3, 0.4) is 0 Å². The molecule has 0 spiro atoms. The zero-order valence-corrected chi connectivity index (χ0v) is 10.9. The molecule has 1 aromatic carbocycles. The van der Waals surface area contributed by atoms with Crippen molar-refractivity contribution >= 4 is 17.7 Å². The number of carbonyl (C=O) groups is 1. The largest absolute Gasteiger partial charge is 0.481 e. The number of carboxylic acid groups (broad SMARTS) is 1. The summed E-state index contributed by atoms with van der Waals surface area (Å²) in [4.78, 5) is 11.6. The van der Waals surface area contributed by atoms with E-state index in [9.17, 15) is 9.90 Å². The van der Waals surface area contributed by atoms with Gasteiger partial charge in [-0.3, -0.25) is 4.79 Å². The van der Waals surface area contributed by atoms with Crippen LogP contribution in [0.5, 0.6) is 0 Å². The van der Waals surface area contributed by atoms with Gasteiger partial charge in [0, 0.05) is 0 Å². The van der Waals surface area contributed by atoms with E-state index in [1.165, 1.54) is 11.1 Å². The van der Waals surface area contributed by atoms with Crippen molar-refractivity contribution in [3.05, 3.63) is 35.4 Å². The molecule has 92 valence electrons. The number of aliphatic carboxylic acids is 1. The summed E-state index contributed by atoms with van der Waals surface area (Å²) < 4.78 is 0. The maximum atomic E-state index is 11.6. The van der Waals surface area contributed by atoms with E-state index in [1.807, 2.05) is 12.1 Å². The molecule has 2 nitrogen and oxygen atoms in total. The van der Waals surface area contributed by atoms with Gasteiger partial charge in [0.05, 0.1) is 5.41 Å². The summed E-state index contributed by atoms with van der Waals surface area (Å²) in [7, 11) is 0.